The van der Waals surface area contributed by atoms with Crippen LogP contribution in [0, 0.1) is 20.8 Å². The lowest BCUT2D eigenvalue weighted by atomic mass is 9.95. The van der Waals surface area contributed by atoms with Gasteiger partial charge in [-0.05, 0) is 60.7 Å². The number of hydrogen-bond donors (Lipinski definition) is 1. The Bertz CT molecular complexity index is 594. The fourth-order valence-corrected chi connectivity index (χ4v) is 2.92. The zero-order valence-electron chi connectivity index (χ0n) is 12.3. The van der Waals surface area contributed by atoms with Crippen molar-refractivity contribution in [3.63, 3.8) is 0 Å². The molecule has 2 nitrogen and oxygen atoms in total. The van der Waals surface area contributed by atoms with Crippen molar-refractivity contribution in [1.82, 2.24) is 0 Å². The fraction of sp³-hybridized carbons (Fsp3) is 0.294. The largest absolute Gasteiger partial charge is 0.496 e. The van der Waals surface area contributed by atoms with Gasteiger partial charge in [-0.2, -0.15) is 0 Å². The Morgan fingerprint density at radius 2 is 1.50 bits per heavy atom. The Labute approximate surface area is 125 Å². The van der Waals surface area contributed by atoms with Gasteiger partial charge in [-0.25, -0.2) is 0 Å². The molecule has 2 rings (SSSR count). The van der Waals surface area contributed by atoms with Gasteiger partial charge in [0.15, 0.2) is 0 Å². The zero-order chi connectivity index (χ0) is 14.9. The summed E-state index contributed by atoms with van der Waals surface area (Å²) in [5.41, 5.74) is 11.8. The van der Waals surface area contributed by atoms with Crippen LogP contribution >= 0.6 is 11.6 Å². The van der Waals surface area contributed by atoms with E-state index in [2.05, 4.69) is 18.2 Å². The lowest BCUT2D eigenvalue weighted by molar-refractivity contribution is 0.408. The SMILES string of the molecule is COc1c(C)cc(C(N)c2cc(C)cc(Cl)c2)cc1C. The van der Waals surface area contributed by atoms with E-state index in [4.69, 9.17) is 22.1 Å². The van der Waals surface area contributed by atoms with Gasteiger partial charge in [0.25, 0.3) is 0 Å². The minimum atomic E-state index is -0.185. The molecule has 0 aliphatic carbocycles. The Hall–Kier alpha value is -1.51. The minimum Gasteiger partial charge on any atom is -0.496 e. The molecule has 0 aliphatic rings. The normalized spacial score (nSPS) is 12.3. The second-order valence-corrected chi connectivity index (χ2v) is 5.66. The molecule has 0 radical (unpaired) electrons. The van der Waals surface area contributed by atoms with Crippen LogP contribution in [0.1, 0.15) is 33.9 Å². The van der Waals surface area contributed by atoms with E-state index in [9.17, 15) is 0 Å². The predicted octanol–water partition coefficient (Wildman–Crippen LogP) is 4.32. The number of nitrogens with two attached hydrogens (primary N) is 1. The average Bonchev–Trinajstić information content (AvgIpc) is 2.36. The van der Waals surface area contributed by atoms with Gasteiger partial charge < -0.3 is 10.5 Å². The fourth-order valence-electron chi connectivity index (χ4n) is 2.62. The second-order valence-electron chi connectivity index (χ2n) is 5.23. The molecule has 1 atom stereocenters. The number of halogens is 1. The van der Waals surface area contributed by atoms with E-state index in [1.807, 2.05) is 32.9 Å². The van der Waals surface area contributed by atoms with Crippen LogP contribution in [-0.2, 0) is 0 Å². The number of benzene rings is 2. The maximum absolute atomic E-state index is 6.38. The van der Waals surface area contributed by atoms with E-state index < -0.39 is 0 Å². The Morgan fingerprint density at radius 1 is 0.950 bits per heavy atom. The highest BCUT2D eigenvalue weighted by molar-refractivity contribution is 6.30. The van der Waals surface area contributed by atoms with Crippen molar-refractivity contribution in [2.45, 2.75) is 26.8 Å². The number of aryl methyl sites for hydroxylation is 3. The third-order valence-corrected chi connectivity index (χ3v) is 3.69. The molecular weight excluding hydrogens is 270 g/mol. The van der Waals surface area contributed by atoms with Crippen molar-refractivity contribution in [1.29, 1.82) is 0 Å². The van der Waals surface area contributed by atoms with Crippen molar-refractivity contribution >= 4 is 11.6 Å². The van der Waals surface area contributed by atoms with E-state index in [0.29, 0.717) is 0 Å². The monoisotopic (exact) mass is 289 g/mol. The lowest BCUT2D eigenvalue weighted by Gasteiger charge is -2.17. The molecule has 0 aromatic heterocycles. The molecule has 0 aliphatic heterocycles. The summed E-state index contributed by atoms with van der Waals surface area (Å²) in [6, 6.07) is 9.90. The maximum Gasteiger partial charge on any atom is 0.124 e. The van der Waals surface area contributed by atoms with Crippen LogP contribution in [0.5, 0.6) is 5.75 Å². The summed E-state index contributed by atoms with van der Waals surface area (Å²) >= 11 is 6.12. The van der Waals surface area contributed by atoms with Crippen LogP contribution in [-0.4, -0.2) is 7.11 Å². The molecule has 0 saturated heterocycles. The zero-order valence-corrected chi connectivity index (χ0v) is 13.1. The van der Waals surface area contributed by atoms with E-state index >= 15 is 0 Å². The van der Waals surface area contributed by atoms with Crippen LogP contribution in [0.3, 0.4) is 0 Å². The molecule has 2 aromatic carbocycles. The molecule has 3 heteroatoms. The molecule has 0 spiro atoms. The molecule has 0 saturated carbocycles. The average molecular weight is 290 g/mol. The van der Waals surface area contributed by atoms with E-state index in [-0.39, 0.29) is 6.04 Å². The van der Waals surface area contributed by atoms with Gasteiger partial charge >= 0.3 is 0 Å². The number of ether oxygens (including phenoxy) is 1. The van der Waals surface area contributed by atoms with Crippen molar-refractivity contribution in [2.24, 2.45) is 5.73 Å². The number of rotatable bonds is 3. The maximum atomic E-state index is 6.38. The topological polar surface area (TPSA) is 35.2 Å². The lowest BCUT2D eigenvalue weighted by Crippen LogP contribution is -2.13. The van der Waals surface area contributed by atoms with Crippen LogP contribution < -0.4 is 10.5 Å². The molecule has 2 N–H and O–H groups in total. The summed E-state index contributed by atoms with van der Waals surface area (Å²) < 4.78 is 5.39. The van der Waals surface area contributed by atoms with Gasteiger partial charge in [-0.1, -0.05) is 29.8 Å². The Balaban J connectivity index is 2.45. The molecular formula is C17H20ClNO. The second kappa shape index (κ2) is 5.86. The van der Waals surface area contributed by atoms with Crippen LogP contribution in [0.2, 0.25) is 5.02 Å². The highest BCUT2D eigenvalue weighted by atomic mass is 35.5. The number of methoxy groups -OCH3 is 1. The third-order valence-electron chi connectivity index (χ3n) is 3.47. The van der Waals surface area contributed by atoms with Gasteiger partial charge in [0.1, 0.15) is 5.75 Å². The summed E-state index contributed by atoms with van der Waals surface area (Å²) in [6.45, 7) is 6.09. The molecule has 0 amide bonds. The molecule has 0 heterocycles. The highest BCUT2D eigenvalue weighted by Gasteiger charge is 2.13. The standard InChI is InChI=1S/C17H20ClNO/c1-10-5-13(9-15(18)6-10)16(19)14-7-11(2)17(20-4)12(3)8-14/h5-9,16H,19H2,1-4H3. The van der Waals surface area contributed by atoms with E-state index in [0.717, 1.165) is 38.6 Å². The van der Waals surface area contributed by atoms with Crippen LogP contribution in [0.25, 0.3) is 0 Å². The highest BCUT2D eigenvalue weighted by Crippen LogP contribution is 2.30. The van der Waals surface area contributed by atoms with E-state index in [1.54, 1.807) is 7.11 Å². The number of hydrogen-bond acceptors (Lipinski definition) is 2. The van der Waals surface area contributed by atoms with Crippen molar-refractivity contribution < 1.29 is 4.74 Å². The molecule has 106 valence electrons. The first-order valence-corrected chi connectivity index (χ1v) is 6.98. The van der Waals surface area contributed by atoms with Gasteiger partial charge in [0, 0.05) is 5.02 Å². The predicted molar refractivity (Wildman–Crippen MR) is 84.7 cm³/mol. The van der Waals surface area contributed by atoms with Gasteiger partial charge in [-0.3, -0.25) is 0 Å². The summed E-state index contributed by atoms with van der Waals surface area (Å²) in [4.78, 5) is 0. The van der Waals surface area contributed by atoms with E-state index in [1.165, 1.54) is 0 Å². The first-order chi connectivity index (χ1) is 9.42. The first-order valence-electron chi connectivity index (χ1n) is 6.60. The molecule has 0 fully saturated rings. The van der Waals surface area contributed by atoms with Crippen molar-refractivity contribution in [3.05, 3.63) is 63.2 Å². The van der Waals surface area contributed by atoms with Crippen LogP contribution in [0.4, 0.5) is 0 Å². The molecule has 20 heavy (non-hydrogen) atoms. The first kappa shape index (κ1) is 14.9. The van der Waals surface area contributed by atoms with Crippen molar-refractivity contribution in [3.8, 4) is 5.75 Å². The molecule has 0 bridgehead atoms. The smallest absolute Gasteiger partial charge is 0.124 e. The minimum absolute atomic E-state index is 0.185. The summed E-state index contributed by atoms with van der Waals surface area (Å²) in [6.07, 6.45) is 0. The summed E-state index contributed by atoms with van der Waals surface area (Å²) in [5.74, 6) is 0.920. The Morgan fingerprint density at radius 3 is 2.00 bits per heavy atom. The third kappa shape index (κ3) is 2.97. The quantitative estimate of drug-likeness (QED) is 0.913. The van der Waals surface area contributed by atoms with Crippen LogP contribution in [0.15, 0.2) is 30.3 Å². The van der Waals surface area contributed by atoms with Gasteiger partial charge in [-0.15, -0.1) is 0 Å². The molecule has 2 aromatic rings. The Kier molecular flexibility index (Phi) is 4.36. The van der Waals surface area contributed by atoms with Crippen molar-refractivity contribution in [2.75, 3.05) is 7.11 Å². The van der Waals surface area contributed by atoms with Gasteiger partial charge in [0.2, 0.25) is 0 Å². The summed E-state index contributed by atoms with van der Waals surface area (Å²) in [5, 5.41) is 0.720. The molecule has 1 unspecified atom stereocenters. The van der Waals surface area contributed by atoms with Gasteiger partial charge in [0.05, 0.1) is 13.2 Å². The summed E-state index contributed by atoms with van der Waals surface area (Å²) in [7, 11) is 1.69.